The molecule has 0 spiro atoms. The molecule has 2 N–H and O–H groups in total. The van der Waals surface area contributed by atoms with E-state index < -0.39 is 17.0 Å². The Morgan fingerprint density at radius 3 is 2.70 bits per heavy atom. The van der Waals surface area contributed by atoms with Gasteiger partial charge in [0.05, 0.1) is 5.41 Å². The molecule has 0 aromatic heterocycles. The number of ether oxygens (including phenoxy) is 1. The molecule has 1 amide bonds. The minimum absolute atomic E-state index is 0.0581. The second-order valence-corrected chi connectivity index (χ2v) is 6.15. The predicted octanol–water partition coefficient (Wildman–Crippen LogP) is 2.15. The molecule has 1 atom stereocenters. The van der Waals surface area contributed by atoms with Crippen molar-refractivity contribution in [1.82, 2.24) is 5.32 Å². The molecule has 1 saturated heterocycles. The standard InChI is InChI=1S/C17H23F2NO3/c1-12(4-7-21)11-20-16(22)17(5-8-23-9-6-17)14-3-2-13(18)10-15(14)19/h2-3,10,12,21H,4-9,11H2,1H3,(H,20,22). The molecule has 23 heavy (non-hydrogen) atoms. The average molecular weight is 327 g/mol. The number of rotatable bonds is 6. The van der Waals surface area contributed by atoms with Crippen molar-refractivity contribution in [3.05, 3.63) is 35.4 Å². The molecule has 4 nitrogen and oxygen atoms in total. The molecule has 1 fully saturated rings. The van der Waals surface area contributed by atoms with Gasteiger partial charge < -0.3 is 15.2 Å². The van der Waals surface area contributed by atoms with Crippen molar-refractivity contribution in [3.8, 4) is 0 Å². The minimum atomic E-state index is -1.03. The summed E-state index contributed by atoms with van der Waals surface area (Å²) in [5.74, 6) is -1.51. The number of nitrogens with one attached hydrogen (secondary N) is 1. The van der Waals surface area contributed by atoms with Gasteiger partial charge in [-0.3, -0.25) is 4.79 Å². The number of carbonyl (C=O) groups excluding carboxylic acids is 1. The van der Waals surface area contributed by atoms with Crippen LogP contribution in [-0.4, -0.2) is 37.4 Å². The van der Waals surface area contributed by atoms with Crippen LogP contribution in [0.4, 0.5) is 8.78 Å². The molecule has 1 aromatic rings. The molecule has 1 aromatic carbocycles. The zero-order valence-electron chi connectivity index (χ0n) is 13.3. The summed E-state index contributed by atoms with van der Waals surface area (Å²) >= 11 is 0. The van der Waals surface area contributed by atoms with Gasteiger partial charge >= 0.3 is 0 Å². The van der Waals surface area contributed by atoms with Gasteiger partial charge in [-0.15, -0.1) is 0 Å². The van der Waals surface area contributed by atoms with Crippen molar-refractivity contribution in [3.63, 3.8) is 0 Å². The zero-order chi connectivity index (χ0) is 16.9. The summed E-state index contributed by atoms with van der Waals surface area (Å²) in [7, 11) is 0. The maximum atomic E-state index is 14.3. The van der Waals surface area contributed by atoms with E-state index in [-0.39, 0.29) is 24.0 Å². The fourth-order valence-corrected chi connectivity index (χ4v) is 2.97. The first kappa shape index (κ1) is 17.8. The third kappa shape index (κ3) is 4.06. The first-order valence-electron chi connectivity index (χ1n) is 7.92. The summed E-state index contributed by atoms with van der Waals surface area (Å²) < 4.78 is 32.8. The van der Waals surface area contributed by atoms with Crippen molar-refractivity contribution in [1.29, 1.82) is 0 Å². The van der Waals surface area contributed by atoms with Crippen molar-refractivity contribution in [2.75, 3.05) is 26.4 Å². The summed E-state index contributed by atoms with van der Waals surface area (Å²) in [6.45, 7) is 3.10. The maximum Gasteiger partial charge on any atom is 0.230 e. The van der Waals surface area contributed by atoms with Gasteiger partial charge in [0.15, 0.2) is 0 Å². The van der Waals surface area contributed by atoms with E-state index >= 15 is 0 Å². The predicted molar refractivity (Wildman–Crippen MR) is 82.0 cm³/mol. The first-order chi connectivity index (χ1) is 11.0. The molecular formula is C17H23F2NO3. The van der Waals surface area contributed by atoms with E-state index in [4.69, 9.17) is 9.84 Å². The average Bonchev–Trinajstić information content (AvgIpc) is 2.53. The van der Waals surface area contributed by atoms with E-state index in [1.54, 1.807) is 0 Å². The highest BCUT2D eigenvalue weighted by Crippen LogP contribution is 2.37. The molecular weight excluding hydrogens is 304 g/mol. The van der Waals surface area contributed by atoms with Crippen LogP contribution >= 0.6 is 0 Å². The van der Waals surface area contributed by atoms with E-state index in [1.165, 1.54) is 12.1 Å². The number of amides is 1. The Morgan fingerprint density at radius 1 is 1.39 bits per heavy atom. The van der Waals surface area contributed by atoms with Crippen LogP contribution in [0, 0.1) is 17.6 Å². The third-order valence-corrected chi connectivity index (χ3v) is 4.46. The smallest absolute Gasteiger partial charge is 0.230 e. The lowest BCUT2D eigenvalue weighted by molar-refractivity contribution is -0.130. The molecule has 2 rings (SSSR count). The van der Waals surface area contributed by atoms with Crippen LogP contribution in [0.5, 0.6) is 0 Å². The number of benzene rings is 1. The quantitative estimate of drug-likeness (QED) is 0.842. The normalized spacial score (nSPS) is 18.4. The topological polar surface area (TPSA) is 58.6 Å². The number of aliphatic hydroxyl groups is 1. The van der Waals surface area contributed by atoms with Crippen LogP contribution in [0.3, 0.4) is 0 Å². The Labute approximate surface area is 134 Å². The summed E-state index contributed by atoms with van der Waals surface area (Å²) in [4.78, 5) is 12.8. The Bertz CT molecular complexity index is 545. The molecule has 0 bridgehead atoms. The molecule has 1 aliphatic rings. The molecule has 0 saturated carbocycles. The Balaban J connectivity index is 2.23. The second kappa shape index (κ2) is 7.84. The lowest BCUT2D eigenvalue weighted by Crippen LogP contribution is -2.49. The molecule has 1 aliphatic heterocycles. The number of aliphatic hydroxyl groups excluding tert-OH is 1. The molecule has 0 radical (unpaired) electrons. The first-order valence-corrected chi connectivity index (χ1v) is 7.92. The van der Waals surface area contributed by atoms with Gasteiger partial charge in [0.25, 0.3) is 0 Å². The van der Waals surface area contributed by atoms with Gasteiger partial charge in [-0.2, -0.15) is 0 Å². The van der Waals surface area contributed by atoms with Gasteiger partial charge in [-0.25, -0.2) is 8.78 Å². The highest BCUT2D eigenvalue weighted by atomic mass is 19.1. The van der Waals surface area contributed by atoms with Gasteiger partial charge in [-0.05, 0) is 31.2 Å². The van der Waals surface area contributed by atoms with Crippen LogP contribution in [-0.2, 0) is 14.9 Å². The van der Waals surface area contributed by atoms with E-state index in [9.17, 15) is 13.6 Å². The molecule has 1 heterocycles. The highest BCUT2D eigenvalue weighted by molar-refractivity contribution is 5.88. The maximum absolute atomic E-state index is 14.3. The Hall–Kier alpha value is -1.53. The van der Waals surface area contributed by atoms with E-state index in [1.807, 2.05) is 6.92 Å². The molecule has 1 unspecified atom stereocenters. The monoisotopic (exact) mass is 327 g/mol. The molecule has 6 heteroatoms. The Morgan fingerprint density at radius 2 is 2.09 bits per heavy atom. The molecule has 128 valence electrons. The van der Waals surface area contributed by atoms with Crippen LogP contribution < -0.4 is 5.32 Å². The van der Waals surface area contributed by atoms with Crippen molar-refractivity contribution < 1.29 is 23.4 Å². The fraction of sp³-hybridized carbons (Fsp3) is 0.588. The molecule has 0 aliphatic carbocycles. The van der Waals surface area contributed by atoms with Crippen molar-refractivity contribution in [2.45, 2.75) is 31.6 Å². The van der Waals surface area contributed by atoms with Crippen LogP contribution in [0.15, 0.2) is 18.2 Å². The fourth-order valence-electron chi connectivity index (χ4n) is 2.97. The summed E-state index contributed by atoms with van der Waals surface area (Å²) in [6.07, 6.45) is 1.30. The Kier molecular flexibility index (Phi) is 6.07. The van der Waals surface area contributed by atoms with Gasteiger partial charge in [0, 0.05) is 38.0 Å². The van der Waals surface area contributed by atoms with Crippen LogP contribution in [0.1, 0.15) is 31.7 Å². The van der Waals surface area contributed by atoms with E-state index in [2.05, 4.69) is 5.32 Å². The van der Waals surface area contributed by atoms with Crippen LogP contribution in [0.2, 0.25) is 0 Å². The summed E-state index contributed by atoms with van der Waals surface area (Å²) in [6, 6.07) is 3.35. The van der Waals surface area contributed by atoms with Gasteiger partial charge in [0.2, 0.25) is 5.91 Å². The summed E-state index contributed by atoms with van der Waals surface area (Å²) in [5, 5.41) is 11.8. The second-order valence-electron chi connectivity index (χ2n) is 6.15. The number of carbonyl (C=O) groups is 1. The van der Waals surface area contributed by atoms with Crippen molar-refractivity contribution in [2.24, 2.45) is 5.92 Å². The van der Waals surface area contributed by atoms with Gasteiger partial charge in [-0.1, -0.05) is 13.0 Å². The summed E-state index contributed by atoms with van der Waals surface area (Å²) in [5.41, 5.74) is -0.816. The number of hydrogen-bond donors (Lipinski definition) is 2. The lowest BCUT2D eigenvalue weighted by Gasteiger charge is -2.36. The van der Waals surface area contributed by atoms with E-state index in [0.29, 0.717) is 39.0 Å². The van der Waals surface area contributed by atoms with E-state index in [0.717, 1.165) is 6.07 Å². The number of halogens is 2. The SMILES string of the molecule is CC(CCO)CNC(=O)C1(c2ccc(F)cc2F)CCOCC1. The van der Waals surface area contributed by atoms with Crippen molar-refractivity contribution >= 4 is 5.91 Å². The number of hydrogen-bond acceptors (Lipinski definition) is 3. The lowest BCUT2D eigenvalue weighted by atomic mass is 9.73. The zero-order valence-corrected chi connectivity index (χ0v) is 13.3. The third-order valence-electron chi connectivity index (χ3n) is 4.46. The van der Waals surface area contributed by atoms with Gasteiger partial charge in [0.1, 0.15) is 11.6 Å². The van der Waals surface area contributed by atoms with Crippen LogP contribution in [0.25, 0.3) is 0 Å². The highest BCUT2D eigenvalue weighted by Gasteiger charge is 2.43. The largest absolute Gasteiger partial charge is 0.396 e. The minimum Gasteiger partial charge on any atom is -0.396 e.